The quantitative estimate of drug-likeness (QED) is 0.657. The minimum Gasteiger partial charge on any atom is -0.493 e. The molecular weight excluding hydrogens is 353 g/mol. The molecule has 0 aromatic heterocycles. The summed E-state index contributed by atoms with van der Waals surface area (Å²) in [6, 6.07) is 21.0. The van der Waals surface area contributed by atoms with Gasteiger partial charge in [0.15, 0.2) is 11.5 Å². The van der Waals surface area contributed by atoms with Crippen molar-refractivity contribution in [3.8, 4) is 22.6 Å². The van der Waals surface area contributed by atoms with E-state index in [1.807, 2.05) is 36.4 Å². The molecule has 0 saturated heterocycles. The molecule has 1 aliphatic rings. The number of nitrogens with one attached hydrogen (secondary N) is 1. The molecule has 0 amide bonds. The Labute approximate surface area is 165 Å². The predicted octanol–water partition coefficient (Wildman–Crippen LogP) is 4.98. The summed E-state index contributed by atoms with van der Waals surface area (Å²) in [6.07, 6.45) is 2.12. The maximum absolute atomic E-state index is 13.1. The fourth-order valence-electron chi connectivity index (χ4n) is 3.62. The normalized spacial score (nSPS) is 15.6. The van der Waals surface area contributed by atoms with E-state index >= 15 is 0 Å². The van der Waals surface area contributed by atoms with E-state index in [1.165, 1.54) is 23.3 Å². The lowest BCUT2D eigenvalue weighted by Gasteiger charge is -2.27. The van der Waals surface area contributed by atoms with Crippen LogP contribution in [0.1, 0.15) is 17.5 Å². The van der Waals surface area contributed by atoms with Gasteiger partial charge in [0.25, 0.3) is 0 Å². The molecule has 0 saturated carbocycles. The molecular formula is C24H24FNO2. The number of fused-ring (bicyclic) bond motifs is 1. The van der Waals surface area contributed by atoms with Crippen LogP contribution < -0.4 is 14.8 Å². The molecule has 3 aromatic rings. The maximum atomic E-state index is 13.1. The fourth-order valence-corrected chi connectivity index (χ4v) is 3.62. The summed E-state index contributed by atoms with van der Waals surface area (Å²) in [5.74, 6) is 1.46. The average molecular weight is 377 g/mol. The highest BCUT2D eigenvalue weighted by Crippen LogP contribution is 2.36. The standard InChI is InChI=1S/C24H24FNO2/c1-27-23-7-3-5-19-10-13-22(28-24(19)23)16-26-15-17-4-2-6-20(14-17)18-8-11-21(25)12-9-18/h2-9,11-12,14,22,26H,10,13,15-16H2,1H3/t22-/m0/s1. The van der Waals surface area contributed by atoms with E-state index in [0.29, 0.717) is 0 Å². The molecule has 0 bridgehead atoms. The summed E-state index contributed by atoms with van der Waals surface area (Å²) >= 11 is 0. The van der Waals surface area contributed by atoms with Crippen LogP contribution in [0.4, 0.5) is 4.39 Å². The lowest BCUT2D eigenvalue weighted by Crippen LogP contribution is -2.34. The van der Waals surface area contributed by atoms with Crippen molar-refractivity contribution in [2.24, 2.45) is 0 Å². The number of halogens is 1. The molecule has 3 nitrogen and oxygen atoms in total. The molecule has 4 rings (SSSR count). The van der Waals surface area contributed by atoms with Gasteiger partial charge in [-0.1, -0.05) is 42.5 Å². The number of rotatable bonds is 6. The van der Waals surface area contributed by atoms with Crippen LogP contribution in [0.5, 0.6) is 11.5 Å². The Morgan fingerprint density at radius 1 is 1.04 bits per heavy atom. The molecule has 0 spiro atoms. The third-order valence-electron chi connectivity index (χ3n) is 5.11. The van der Waals surface area contributed by atoms with Gasteiger partial charge >= 0.3 is 0 Å². The second-order valence-electron chi connectivity index (χ2n) is 7.07. The predicted molar refractivity (Wildman–Crippen MR) is 109 cm³/mol. The van der Waals surface area contributed by atoms with Gasteiger partial charge in [-0.2, -0.15) is 0 Å². The first-order valence-corrected chi connectivity index (χ1v) is 9.61. The van der Waals surface area contributed by atoms with Gasteiger partial charge in [-0.3, -0.25) is 0 Å². The molecule has 144 valence electrons. The van der Waals surface area contributed by atoms with Gasteiger partial charge in [0.2, 0.25) is 0 Å². The van der Waals surface area contributed by atoms with Gasteiger partial charge in [0.05, 0.1) is 7.11 Å². The van der Waals surface area contributed by atoms with Crippen molar-refractivity contribution >= 4 is 0 Å². The molecule has 1 heterocycles. The minimum atomic E-state index is -0.216. The zero-order valence-electron chi connectivity index (χ0n) is 16.0. The van der Waals surface area contributed by atoms with Gasteiger partial charge in [-0.15, -0.1) is 0 Å². The van der Waals surface area contributed by atoms with E-state index in [1.54, 1.807) is 7.11 Å². The van der Waals surface area contributed by atoms with E-state index in [-0.39, 0.29) is 11.9 Å². The van der Waals surface area contributed by atoms with Crippen LogP contribution in [-0.2, 0) is 13.0 Å². The molecule has 1 N–H and O–H groups in total. The molecule has 1 atom stereocenters. The molecule has 0 radical (unpaired) electrons. The molecule has 4 heteroatoms. The van der Waals surface area contributed by atoms with Crippen molar-refractivity contribution in [3.63, 3.8) is 0 Å². The third-order valence-corrected chi connectivity index (χ3v) is 5.11. The van der Waals surface area contributed by atoms with Crippen molar-refractivity contribution in [2.75, 3.05) is 13.7 Å². The van der Waals surface area contributed by atoms with Crippen LogP contribution in [0.2, 0.25) is 0 Å². The SMILES string of the molecule is COc1cccc2c1O[C@H](CNCc1cccc(-c3ccc(F)cc3)c1)CC2. The number of hydrogen-bond donors (Lipinski definition) is 1. The second-order valence-corrected chi connectivity index (χ2v) is 7.07. The van der Waals surface area contributed by atoms with E-state index in [2.05, 4.69) is 23.5 Å². The van der Waals surface area contributed by atoms with Crippen molar-refractivity contribution < 1.29 is 13.9 Å². The van der Waals surface area contributed by atoms with Crippen LogP contribution in [0.25, 0.3) is 11.1 Å². The minimum absolute atomic E-state index is 0.129. The maximum Gasteiger partial charge on any atom is 0.164 e. The van der Waals surface area contributed by atoms with Crippen LogP contribution in [-0.4, -0.2) is 19.8 Å². The highest BCUT2D eigenvalue weighted by atomic mass is 19.1. The zero-order valence-corrected chi connectivity index (χ0v) is 16.0. The first kappa shape index (κ1) is 18.5. The van der Waals surface area contributed by atoms with Crippen molar-refractivity contribution in [3.05, 3.63) is 83.7 Å². The van der Waals surface area contributed by atoms with Crippen molar-refractivity contribution in [1.29, 1.82) is 0 Å². The fraction of sp³-hybridized carbons (Fsp3) is 0.250. The number of para-hydroxylation sites is 1. The van der Waals surface area contributed by atoms with Gasteiger partial charge in [-0.25, -0.2) is 4.39 Å². The summed E-state index contributed by atoms with van der Waals surface area (Å²) < 4.78 is 24.7. The molecule has 0 unspecified atom stereocenters. The van der Waals surface area contributed by atoms with Gasteiger partial charge in [0, 0.05) is 13.1 Å². The Kier molecular flexibility index (Phi) is 5.58. The molecule has 28 heavy (non-hydrogen) atoms. The summed E-state index contributed by atoms with van der Waals surface area (Å²) in [5.41, 5.74) is 4.51. The Morgan fingerprint density at radius 3 is 2.68 bits per heavy atom. The Hall–Kier alpha value is -2.85. The summed E-state index contributed by atoms with van der Waals surface area (Å²) in [7, 11) is 1.68. The average Bonchev–Trinajstić information content (AvgIpc) is 2.74. The third kappa shape index (κ3) is 4.18. The Bertz CT molecular complexity index is 925. The van der Waals surface area contributed by atoms with Crippen LogP contribution >= 0.6 is 0 Å². The van der Waals surface area contributed by atoms with E-state index in [0.717, 1.165) is 48.6 Å². The van der Waals surface area contributed by atoms with E-state index in [9.17, 15) is 4.39 Å². The van der Waals surface area contributed by atoms with Crippen molar-refractivity contribution in [1.82, 2.24) is 5.32 Å². The summed E-state index contributed by atoms with van der Waals surface area (Å²) in [6.45, 7) is 1.53. The largest absolute Gasteiger partial charge is 0.493 e. The Balaban J connectivity index is 1.36. The van der Waals surface area contributed by atoms with Crippen LogP contribution in [0, 0.1) is 5.82 Å². The van der Waals surface area contributed by atoms with Crippen LogP contribution in [0.15, 0.2) is 66.7 Å². The number of methoxy groups -OCH3 is 1. The van der Waals surface area contributed by atoms with E-state index < -0.39 is 0 Å². The summed E-state index contributed by atoms with van der Waals surface area (Å²) in [5, 5.41) is 3.50. The molecule has 3 aromatic carbocycles. The first-order valence-electron chi connectivity index (χ1n) is 9.61. The van der Waals surface area contributed by atoms with Crippen molar-refractivity contribution in [2.45, 2.75) is 25.5 Å². The number of ether oxygens (including phenoxy) is 2. The zero-order chi connectivity index (χ0) is 19.3. The Morgan fingerprint density at radius 2 is 1.86 bits per heavy atom. The highest BCUT2D eigenvalue weighted by molar-refractivity contribution is 5.64. The molecule has 1 aliphatic heterocycles. The monoisotopic (exact) mass is 377 g/mol. The van der Waals surface area contributed by atoms with Crippen LogP contribution in [0.3, 0.4) is 0 Å². The molecule has 0 aliphatic carbocycles. The highest BCUT2D eigenvalue weighted by Gasteiger charge is 2.22. The lowest BCUT2D eigenvalue weighted by molar-refractivity contribution is 0.163. The number of aryl methyl sites for hydroxylation is 1. The molecule has 0 fully saturated rings. The summed E-state index contributed by atoms with van der Waals surface area (Å²) in [4.78, 5) is 0. The smallest absolute Gasteiger partial charge is 0.164 e. The van der Waals surface area contributed by atoms with E-state index in [4.69, 9.17) is 9.47 Å². The second kappa shape index (κ2) is 8.44. The topological polar surface area (TPSA) is 30.5 Å². The first-order chi connectivity index (χ1) is 13.7. The number of hydrogen-bond acceptors (Lipinski definition) is 3. The van der Waals surface area contributed by atoms with Gasteiger partial charge in [0.1, 0.15) is 11.9 Å². The lowest BCUT2D eigenvalue weighted by atomic mass is 10.0. The number of benzene rings is 3. The van der Waals surface area contributed by atoms with Gasteiger partial charge in [-0.05, 0) is 59.4 Å². The van der Waals surface area contributed by atoms with Gasteiger partial charge < -0.3 is 14.8 Å².